The predicted molar refractivity (Wildman–Crippen MR) is 77.0 cm³/mol. The van der Waals surface area contributed by atoms with E-state index in [-0.39, 0.29) is 11.9 Å². The predicted octanol–water partition coefficient (Wildman–Crippen LogP) is 2.08. The molecule has 0 aromatic heterocycles. The van der Waals surface area contributed by atoms with Crippen LogP contribution >= 0.6 is 0 Å². The Balaban J connectivity index is 2.56. The van der Waals surface area contributed by atoms with Crippen LogP contribution in [0.15, 0.2) is 24.3 Å². The first kappa shape index (κ1) is 15.7. The first-order chi connectivity index (χ1) is 9.21. The number of rotatable bonds is 8. The Morgan fingerprint density at radius 2 is 2.05 bits per heavy atom. The van der Waals surface area contributed by atoms with Crippen LogP contribution in [0.4, 0.5) is 0 Å². The van der Waals surface area contributed by atoms with Gasteiger partial charge in [-0.05, 0) is 24.1 Å². The van der Waals surface area contributed by atoms with Crippen molar-refractivity contribution in [3.8, 4) is 0 Å². The summed E-state index contributed by atoms with van der Waals surface area (Å²) in [5.74, 6) is -0.0597. The highest BCUT2D eigenvalue weighted by molar-refractivity contribution is 5.94. The van der Waals surface area contributed by atoms with Crippen LogP contribution in [0, 0.1) is 0 Å². The fourth-order valence-corrected chi connectivity index (χ4v) is 1.89. The van der Waals surface area contributed by atoms with Gasteiger partial charge in [0.1, 0.15) is 0 Å². The van der Waals surface area contributed by atoms with Gasteiger partial charge in [-0.25, -0.2) is 0 Å². The number of ether oxygens (including phenoxy) is 1. The molecular weight excluding hydrogens is 240 g/mol. The summed E-state index contributed by atoms with van der Waals surface area (Å²) in [6, 6.07) is 7.50. The normalized spacial score (nSPS) is 12.2. The minimum absolute atomic E-state index is 0.0597. The maximum atomic E-state index is 12.0. The molecule has 0 fully saturated rings. The van der Waals surface area contributed by atoms with Gasteiger partial charge in [-0.2, -0.15) is 0 Å². The molecular formula is C15H24N2O2. The average molecular weight is 264 g/mol. The molecule has 0 spiro atoms. The number of benzene rings is 1. The molecule has 1 aromatic carbocycles. The van der Waals surface area contributed by atoms with Gasteiger partial charge in [-0.3, -0.25) is 4.79 Å². The van der Waals surface area contributed by atoms with E-state index in [1.807, 2.05) is 24.3 Å². The minimum Gasteiger partial charge on any atom is -0.380 e. The van der Waals surface area contributed by atoms with Gasteiger partial charge in [0.05, 0.1) is 6.61 Å². The number of hydrogen-bond donors (Lipinski definition) is 2. The Bertz CT molecular complexity index is 376. The number of methoxy groups -OCH3 is 1. The van der Waals surface area contributed by atoms with Crippen LogP contribution in [0.5, 0.6) is 0 Å². The van der Waals surface area contributed by atoms with Crippen molar-refractivity contribution in [2.75, 3.05) is 13.7 Å². The number of carbonyl (C=O) groups is 1. The highest BCUT2D eigenvalue weighted by Crippen LogP contribution is 2.07. The lowest BCUT2D eigenvalue weighted by molar-refractivity contribution is 0.0935. The van der Waals surface area contributed by atoms with E-state index in [0.29, 0.717) is 18.7 Å². The SMILES string of the molecule is CCCCC(CN)NC(=O)c1ccc(COC)cc1. The Labute approximate surface area is 115 Å². The lowest BCUT2D eigenvalue weighted by Gasteiger charge is -2.16. The lowest BCUT2D eigenvalue weighted by Crippen LogP contribution is -2.40. The largest absolute Gasteiger partial charge is 0.380 e. The van der Waals surface area contributed by atoms with Crippen molar-refractivity contribution >= 4 is 5.91 Å². The summed E-state index contributed by atoms with van der Waals surface area (Å²) in [5, 5.41) is 2.97. The van der Waals surface area contributed by atoms with Crippen molar-refractivity contribution in [1.82, 2.24) is 5.32 Å². The van der Waals surface area contributed by atoms with Crippen LogP contribution in [0.3, 0.4) is 0 Å². The van der Waals surface area contributed by atoms with E-state index in [0.717, 1.165) is 24.8 Å². The summed E-state index contributed by atoms with van der Waals surface area (Å²) < 4.78 is 5.04. The van der Waals surface area contributed by atoms with Crippen molar-refractivity contribution in [3.05, 3.63) is 35.4 Å². The van der Waals surface area contributed by atoms with E-state index >= 15 is 0 Å². The topological polar surface area (TPSA) is 64.3 Å². The molecule has 0 radical (unpaired) electrons. The van der Waals surface area contributed by atoms with Crippen LogP contribution in [0.2, 0.25) is 0 Å². The number of amides is 1. The molecule has 1 aromatic rings. The van der Waals surface area contributed by atoms with E-state index < -0.39 is 0 Å². The van der Waals surface area contributed by atoms with Crippen LogP contribution < -0.4 is 11.1 Å². The standard InChI is InChI=1S/C15H24N2O2/c1-3-4-5-14(10-16)17-15(18)13-8-6-12(7-9-13)11-19-2/h6-9,14H,3-5,10-11,16H2,1-2H3,(H,17,18). The van der Waals surface area contributed by atoms with Crippen LogP contribution in [-0.2, 0) is 11.3 Å². The second kappa shape index (κ2) is 8.67. The van der Waals surface area contributed by atoms with E-state index in [2.05, 4.69) is 12.2 Å². The molecule has 4 nitrogen and oxygen atoms in total. The van der Waals surface area contributed by atoms with Gasteiger partial charge in [0.15, 0.2) is 0 Å². The third-order valence-electron chi connectivity index (χ3n) is 3.05. The van der Waals surface area contributed by atoms with Crippen molar-refractivity contribution < 1.29 is 9.53 Å². The van der Waals surface area contributed by atoms with E-state index in [4.69, 9.17) is 10.5 Å². The molecule has 0 aliphatic heterocycles. The van der Waals surface area contributed by atoms with Crippen molar-refractivity contribution in [2.45, 2.75) is 38.8 Å². The van der Waals surface area contributed by atoms with Gasteiger partial charge >= 0.3 is 0 Å². The quantitative estimate of drug-likeness (QED) is 0.755. The maximum Gasteiger partial charge on any atom is 0.251 e. The Kier molecular flexibility index (Phi) is 7.15. The first-order valence-corrected chi connectivity index (χ1v) is 6.80. The third-order valence-corrected chi connectivity index (χ3v) is 3.05. The summed E-state index contributed by atoms with van der Waals surface area (Å²) >= 11 is 0. The molecule has 1 unspecified atom stereocenters. The Morgan fingerprint density at radius 1 is 1.37 bits per heavy atom. The fourth-order valence-electron chi connectivity index (χ4n) is 1.89. The number of nitrogens with one attached hydrogen (secondary N) is 1. The van der Waals surface area contributed by atoms with E-state index in [1.165, 1.54) is 0 Å². The van der Waals surface area contributed by atoms with Crippen molar-refractivity contribution in [1.29, 1.82) is 0 Å². The molecule has 1 atom stereocenters. The van der Waals surface area contributed by atoms with E-state index in [9.17, 15) is 4.79 Å². The highest BCUT2D eigenvalue weighted by Gasteiger charge is 2.11. The highest BCUT2D eigenvalue weighted by atomic mass is 16.5. The lowest BCUT2D eigenvalue weighted by atomic mass is 10.1. The number of nitrogens with two attached hydrogens (primary N) is 1. The van der Waals surface area contributed by atoms with Crippen LogP contribution in [-0.4, -0.2) is 25.6 Å². The number of unbranched alkanes of at least 4 members (excludes halogenated alkanes) is 1. The van der Waals surface area contributed by atoms with Gasteiger partial charge < -0.3 is 15.8 Å². The van der Waals surface area contributed by atoms with Gasteiger partial charge in [0.25, 0.3) is 5.91 Å². The molecule has 0 aliphatic carbocycles. The van der Waals surface area contributed by atoms with Crippen LogP contribution in [0.1, 0.15) is 42.1 Å². The Morgan fingerprint density at radius 3 is 2.58 bits per heavy atom. The zero-order valence-electron chi connectivity index (χ0n) is 11.8. The molecule has 19 heavy (non-hydrogen) atoms. The minimum atomic E-state index is -0.0597. The fraction of sp³-hybridized carbons (Fsp3) is 0.533. The smallest absolute Gasteiger partial charge is 0.251 e. The molecule has 3 N–H and O–H groups in total. The summed E-state index contributed by atoms with van der Waals surface area (Å²) in [7, 11) is 1.65. The summed E-state index contributed by atoms with van der Waals surface area (Å²) in [6.45, 7) is 3.17. The average Bonchev–Trinajstić information content (AvgIpc) is 2.44. The first-order valence-electron chi connectivity index (χ1n) is 6.80. The van der Waals surface area contributed by atoms with Gasteiger partial charge in [0, 0.05) is 25.3 Å². The zero-order valence-corrected chi connectivity index (χ0v) is 11.8. The van der Waals surface area contributed by atoms with Crippen molar-refractivity contribution in [3.63, 3.8) is 0 Å². The monoisotopic (exact) mass is 264 g/mol. The molecule has 0 heterocycles. The molecule has 1 rings (SSSR count). The van der Waals surface area contributed by atoms with E-state index in [1.54, 1.807) is 7.11 Å². The Hall–Kier alpha value is -1.39. The van der Waals surface area contributed by atoms with Crippen LogP contribution in [0.25, 0.3) is 0 Å². The molecule has 0 saturated heterocycles. The molecule has 1 amide bonds. The van der Waals surface area contributed by atoms with Gasteiger partial charge in [-0.1, -0.05) is 31.9 Å². The number of hydrogen-bond acceptors (Lipinski definition) is 3. The molecule has 0 aliphatic rings. The third kappa shape index (κ3) is 5.41. The maximum absolute atomic E-state index is 12.0. The van der Waals surface area contributed by atoms with Crippen molar-refractivity contribution in [2.24, 2.45) is 5.73 Å². The molecule has 106 valence electrons. The molecule has 0 bridgehead atoms. The summed E-state index contributed by atoms with van der Waals surface area (Å²) in [4.78, 5) is 12.0. The number of carbonyl (C=O) groups excluding carboxylic acids is 1. The summed E-state index contributed by atoms with van der Waals surface area (Å²) in [6.07, 6.45) is 3.12. The second-order valence-electron chi connectivity index (χ2n) is 4.68. The van der Waals surface area contributed by atoms with Gasteiger partial charge in [-0.15, -0.1) is 0 Å². The summed E-state index contributed by atoms with van der Waals surface area (Å²) in [5.41, 5.74) is 7.39. The second-order valence-corrected chi connectivity index (χ2v) is 4.68. The molecule has 0 saturated carbocycles. The van der Waals surface area contributed by atoms with Gasteiger partial charge in [0.2, 0.25) is 0 Å². The molecule has 4 heteroatoms. The zero-order chi connectivity index (χ0) is 14.1.